The number of esters is 1. The maximum absolute atomic E-state index is 12.9. The Bertz CT molecular complexity index is 597. The van der Waals surface area contributed by atoms with E-state index in [1.165, 1.54) is 7.11 Å². The summed E-state index contributed by atoms with van der Waals surface area (Å²) in [5.41, 5.74) is 2.05. The van der Waals surface area contributed by atoms with Crippen molar-refractivity contribution >= 4 is 11.9 Å². The van der Waals surface area contributed by atoms with Gasteiger partial charge in [-0.25, -0.2) is 4.79 Å². The summed E-state index contributed by atoms with van der Waals surface area (Å²) in [4.78, 5) is 26.4. The monoisotopic (exact) mass is 315 g/mol. The number of hydrogen-bond donors (Lipinski definition) is 0. The average molecular weight is 315 g/mol. The molecule has 0 atom stereocenters. The molecule has 0 unspecified atom stereocenters. The average Bonchev–Trinajstić information content (AvgIpc) is 2.88. The molecule has 0 N–H and O–H groups in total. The van der Waals surface area contributed by atoms with Gasteiger partial charge in [-0.2, -0.15) is 0 Å². The SMILES string of the molecule is CCc1cc(C(=O)OC)ccc1C(=O)N(C)C1CCC=CCC1. The van der Waals surface area contributed by atoms with E-state index in [0.717, 1.165) is 31.2 Å². The van der Waals surface area contributed by atoms with Crippen molar-refractivity contribution < 1.29 is 14.3 Å². The third kappa shape index (κ3) is 4.01. The molecule has 1 aliphatic carbocycles. The standard InChI is InChI=1S/C19H25NO3/c1-4-14-13-15(19(22)23-3)11-12-17(14)18(21)20(2)16-9-7-5-6-8-10-16/h5-6,11-13,16H,4,7-10H2,1-3H3. The lowest BCUT2D eigenvalue weighted by atomic mass is 9.99. The molecule has 1 amide bonds. The van der Waals surface area contributed by atoms with E-state index in [2.05, 4.69) is 12.2 Å². The lowest BCUT2D eigenvalue weighted by molar-refractivity contribution is 0.0599. The lowest BCUT2D eigenvalue weighted by Gasteiger charge is -2.28. The third-order valence-corrected chi connectivity index (χ3v) is 4.51. The zero-order chi connectivity index (χ0) is 16.8. The summed E-state index contributed by atoms with van der Waals surface area (Å²) in [5.74, 6) is -0.341. The van der Waals surface area contributed by atoms with E-state index >= 15 is 0 Å². The number of nitrogens with zero attached hydrogens (tertiary/aromatic N) is 1. The van der Waals surface area contributed by atoms with E-state index < -0.39 is 0 Å². The van der Waals surface area contributed by atoms with E-state index in [0.29, 0.717) is 17.5 Å². The molecule has 0 aliphatic heterocycles. The Kier molecular flexibility index (Phi) is 5.97. The van der Waals surface area contributed by atoms with Crippen molar-refractivity contribution in [1.29, 1.82) is 0 Å². The second kappa shape index (κ2) is 7.95. The van der Waals surface area contributed by atoms with Crippen molar-refractivity contribution in [1.82, 2.24) is 4.90 Å². The van der Waals surface area contributed by atoms with Gasteiger partial charge in [-0.3, -0.25) is 4.79 Å². The first-order valence-electron chi connectivity index (χ1n) is 8.21. The number of hydrogen-bond acceptors (Lipinski definition) is 3. The zero-order valence-electron chi connectivity index (χ0n) is 14.2. The van der Waals surface area contributed by atoms with Crippen molar-refractivity contribution in [2.45, 2.75) is 45.1 Å². The van der Waals surface area contributed by atoms with Crippen molar-refractivity contribution in [3.63, 3.8) is 0 Å². The highest BCUT2D eigenvalue weighted by Crippen LogP contribution is 2.21. The first kappa shape index (κ1) is 17.3. The highest BCUT2D eigenvalue weighted by molar-refractivity contribution is 5.97. The number of amides is 1. The van der Waals surface area contributed by atoms with E-state index in [1.54, 1.807) is 18.2 Å². The van der Waals surface area contributed by atoms with Crippen LogP contribution in [-0.4, -0.2) is 37.0 Å². The second-order valence-corrected chi connectivity index (χ2v) is 5.91. The molecule has 0 saturated carbocycles. The number of aryl methyl sites for hydroxylation is 1. The molecule has 0 heterocycles. The molecular formula is C19H25NO3. The highest BCUT2D eigenvalue weighted by atomic mass is 16.5. The van der Waals surface area contributed by atoms with E-state index in [1.807, 2.05) is 18.9 Å². The maximum Gasteiger partial charge on any atom is 0.337 e. The Hall–Kier alpha value is -2.10. The Morgan fingerprint density at radius 3 is 2.43 bits per heavy atom. The van der Waals surface area contributed by atoms with Crippen LogP contribution in [0.25, 0.3) is 0 Å². The molecule has 0 fully saturated rings. The smallest absolute Gasteiger partial charge is 0.337 e. The van der Waals surface area contributed by atoms with Crippen LogP contribution in [0.4, 0.5) is 0 Å². The Labute approximate surface area is 138 Å². The molecule has 23 heavy (non-hydrogen) atoms. The lowest BCUT2D eigenvalue weighted by Crippen LogP contribution is -2.37. The molecule has 0 saturated heterocycles. The molecule has 0 bridgehead atoms. The van der Waals surface area contributed by atoms with Gasteiger partial charge in [0.1, 0.15) is 0 Å². The number of benzene rings is 1. The molecular weight excluding hydrogens is 290 g/mol. The summed E-state index contributed by atoms with van der Waals surface area (Å²) in [7, 11) is 3.24. The molecule has 2 rings (SSSR count). The molecule has 1 aromatic carbocycles. The summed E-state index contributed by atoms with van der Waals surface area (Å²) in [5, 5.41) is 0. The van der Waals surface area contributed by atoms with Gasteiger partial charge in [-0.05, 0) is 55.9 Å². The Balaban J connectivity index is 2.22. The molecule has 1 aliphatic rings. The predicted molar refractivity (Wildman–Crippen MR) is 90.6 cm³/mol. The molecule has 0 spiro atoms. The summed E-state index contributed by atoms with van der Waals surface area (Å²) in [6.07, 6.45) is 9.13. The van der Waals surface area contributed by atoms with E-state index in [9.17, 15) is 9.59 Å². The van der Waals surface area contributed by atoms with Crippen LogP contribution in [0.2, 0.25) is 0 Å². The van der Waals surface area contributed by atoms with Gasteiger partial charge in [-0.15, -0.1) is 0 Å². The highest BCUT2D eigenvalue weighted by Gasteiger charge is 2.23. The Morgan fingerprint density at radius 1 is 1.22 bits per heavy atom. The van der Waals surface area contributed by atoms with Gasteiger partial charge >= 0.3 is 5.97 Å². The normalized spacial score (nSPS) is 15.1. The summed E-state index contributed by atoms with van der Waals surface area (Å²) in [6.45, 7) is 1.99. The van der Waals surface area contributed by atoms with Gasteiger partial charge in [0, 0.05) is 18.7 Å². The van der Waals surface area contributed by atoms with Crippen LogP contribution in [0.15, 0.2) is 30.4 Å². The molecule has 4 heteroatoms. The van der Waals surface area contributed by atoms with Gasteiger partial charge in [-0.1, -0.05) is 19.1 Å². The molecule has 1 aromatic rings. The van der Waals surface area contributed by atoms with Crippen molar-refractivity contribution in [3.8, 4) is 0 Å². The largest absolute Gasteiger partial charge is 0.465 e. The summed E-state index contributed by atoms with van der Waals surface area (Å²) >= 11 is 0. The van der Waals surface area contributed by atoms with Crippen LogP contribution >= 0.6 is 0 Å². The van der Waals surface area contributed by atoms with Gasteiger partial charge in [0.15, 0.2) is 0 Å². The number of carbonyl (C=O) groups excluding carboxylic acids is 2. The first-order valence-corrected chi connectivity index (χ1v) is 8.21. The first-order chi connectivity index (χ1) is 11.1. The predicted octanol–water partition coefficient (Wildman–Crippen LogP) is 3.61. The van der Waals surface area contributed by atoms with E-state index in [4.69, 9.17) is 4.74 Å². The fourth-order valence-corrected chi connectivity index (χ4v) is 3.04. The fraction of sp³-hybridized carbons (Fsp3) is 0.474. The minimum Gasteiger partial charge on any atom is -0.465 e. The summed E-state index contributed by atoms with van der Waals surface area (Å²) < 4.78 is 4.75. The van der Waals surface area contributed by atoms with Gasteiger partial charge < -0.3 is 9.64 Å². The number of ether oxygens (including phenoxy) is 1. The molecule has 124 valence electrons. The molecule has 0 radical (unpaired) electrons. The van der Waals surface area contributed by atoms with Crippen LogP contribution in [-0.2, 0) is 11.2 Å². The number of carbonyl (C=O) groups is 2. The van der Waals surface area contributed by atoms with E-state index in [-0.39, 0.29) is 17.9 Å². The van der Waals surface area contributed by atoms with Gasteiger partial charge in [0.05, 0.1) is 12.7 Å². The van der Waals surface area contributed by atoms with Crippen molar-refractivity contribution in [3.05, 3.63) is 47.0 Å². The van der Waals surface area contributed by atoms with Crippen molar-refractivity contribution in [2.24, 2.45) is 0 Å². The number of rotatable bonds is 4. The van der Waals surface area contributed by atoms with Crippen molar-refractivity contribution in [2.75, 3.05) is 14.2 Å². The second-order valence-electron chi connectivity index (χ2n) is 5.91. The van der Waals surface area contributed by atoms with Crippen LogP contribution in [0.1, 0.15) is 58.9 Å². The van der Waals surface area contributed by atoms with Crippen LogP contribution < -0.4 is 0 Å². The zero-order valence-corrected chi connectivity index (χ0v) is 14.2. The number of methoxy groups -OCH3 is 1. The van der Waals surface area contributed by atoms with Gasteiger partial charge in [0.2, 0.25) is 0 Å². The number of allylic oxidation sites excluding steroid dienone is 2. The minimum atomic E-state index is -0.373. The van der Waals surface area contributed by atoms with Crippen LogP contribution in [0.3, 0.4) is 0 Å². The van der Waals surface area contributed by atoms with Crippen LogP contribution in [0.5, 0.6) is 0 Å². The fourth-order valence-electron chi connectivity index (χ4n) is 3.04. The minimum absolute atomic E-state index is 0.0326. The summed E-state index contributed by atoms with van der Waals surface area (Å²) in [6, 6.07) is 5.45. The van der Waals surface area contributed by atoms with Crippen LogP contribution in [0, 0.1) is 0 Å². The maximum atomic E-state index is 12.9. The molecule has 4 nitrogen and oxygen atoms in total. The molecule has 0 aromatic heterocycles. The topological polar surface area (TPSA) is 46.6 Å². The Morgan fingerprint density at radius 2 is 1.87 bits per heavy atom. The quantitative estimate of drug-likeness (QED) is 0.630. The third-order valence-electron chi connectivity index (χ3n) is 4.51. The van der Waals surface area contributed by atoms with Gasteiger partial charge in [0.25, 0.3) is 5.91 Å².